The summed E-state index contributed by atoms with van der Waals surface area (Å²) in [6.45, 7) is 7.08. The molecule has 1 aromatic heterocycles. The fourth-order valence-electron chi connectivity index (χ4n) is 4.01. The van der Waals surface area contributed by atoms with Crippen LogP contribution in [0.3, 0.4) is 0 Å². The molecular formula is C15H21ClN2O. The maximum Gasteiger partial charge on any atom is 0.217 e. The summed E-state index contributed by atoms with van der Waals surface area (Å²) in [5, 5.41) is 0.391. The number of hydrogen-bond acceptors (Lipinski definition) is 3. The van der Waals surface area contributed by atoms with Crippen LogP contribution in [0.5, 0.6) is 5.88 Å². The van der Waals surface area contributed by atoms with E-state index in [1.165, 1.54) is 12.8 Å². The number of halogens is 1. The van der Waals surface area contributed by atoms with Crippen LogP contribution in [0.1, 0.15) is 40.0 Å². The maximum absolute atomic E-state index is 6.13. The summed E-state index contributed by atoms with van der Waals surface area (Å²) < 4.78 is 6.13. The highest BCUT2D eigenvalue weighted by molar-refractivity contribution is 6.29. The van der Waals surface area contributed by atoms with Gasteiger partial charge < -0.3 is 10.5 Å². The van der Waals surface area contributed by atoms with E-state index >= 15 is 0 Å². The van der Waals surface area contributed by atoms with Crippen LogP contribution >= 0.6 is 11.6 Å². The molecule has 4 heteroatoms. The molecule has 0 saturated heterocycles. The number of pyridine rings is 1. The van der Waals surface area contributed by atoms with Crippen LogP contribution in [0.15, 0.2) is 12.1 Å². The molecule has 104 valence electrons. The average Bonchev–Trinajstić information content (AvgIpc) is 2.60. The molecule has 0 aromatic carbocycles. The van der Waals surface area contributed by atoms with Crippen LogP contribution < -0.4 is 10.5 Å². The number of nitrogens with two attached hydrogens (primary N) is 1. The number of nitrogens with zero attached hydrogens (tertiary/aromatic N) is 1. The van der Waals surface area contributed by atoms with Gasteiger partial charge in [-0.05, 0) is 36.7 Å². The smallest absolute Gasteiger partial charge is 0.217 e. The molecule has 2 bridgehead atoms. The molecule has 0 aliphatic heterocycles. The third kappa shape index (κ3) is 1.82. The summed E-state index contributed by atoms with van der Waals surface area (Å²) in [7, 11) is 0. The lowest BCUT2D eigenvalue weighted by Crippen LogP contribution is -2.39. The Morgan fingerprint density at radius 2 is 2.11 bits per heavy atom. The number of hydrogen-bond donors (Lipinski definition) is 1. The zero-order chi connectivity index (χ0) is 13.8. The van der Waals surface area contributed by atoms with Crippen molar-refractivity contribution in [2.45, 2.75) is 46.1 Å². The number of rotatable bonds is 2. The maximum atomic E-state index is 6.13. The predicted octanol–water partition coefficient (Wildman–Crippen LogP) is 3.91. The summed E-state index contributed by atoms with van der Waals surface area (Å²) in [6.07, 6.45) is 3.86. The minimum absolute atomic E-state index is 0.214. The number of aromatic nitrogens is 1. The van der Waals surface area contributed by atoms with E-state index in [4.69, 9.17) is 22.1 Å². The van der Waals surface area contributed by atoms with Crippen LogP contribution in [0.4, 0.5) is 5.69 Å². The Balaban J connectivity index is 1.86. The van der Waals surface area contributed by atoms with Gasteiger partial charge in [-0.15, -0.1) is 0 Å². The summed E-state index contributed by atoms with van der Waals surface area (Å²) in [4.78, 5) is 4.22. The summed E-state index contributed by atoms with van der Waals surface area (Å²) in [6, 6.07) is 3.40. The molecule has 2 fully saturated rings. The SMILES string of the molecule is CC1(C)C2CCC1(C)C(Oc1cc(N)cc(Cl)n1)C2. The van der Waals surface area contributed by atoms with Crippen LogP contribution in [0, 0.1) is 16.7 Å². The second-order valence-corrected chi connectivity index (χ2v) is 7.17. The fraction of sp³-hybridized carbons (Fsp3) is 0.667. The van der Waals surface area contributed by atoms with Gasteiger partial charge in [0.05, 0.1) is 0 Å². The van der Waals surface area contributed by atoms with E-state index in [1.54, 1.807) is 12.1 Å². The fourth-order valence-corrected chi connectivity index (χ4v) is 4.22. The summed E-state index contributed by atoms with van der Waals surface area (Å²) >= 11 is 5.93. The van der Waals surface area contributed by atoms with Gasteiger partial charge in [0.25, 0.3) is 0 Å². The quantitative estimate of drug-likeness (QED) is 0.836. The molecule has 2 aliphatic rings. The second kappa shape index (κ2) is 4.02. The van der Waals surface area contributed by atoms with E-state index in [0.29, 0.717) is 22.1 Å². The Morgan fingerprint density at radius 1 is 1.37 bits per heavy atom. The van der Waals surface area contributed by atoms with Crippen LogP contribution in [-0.2, 0) is 0 Å². The predicted molar refractivity (Wildman–Crippen MR) is 77.3 cm³/mol. The zero-order valence-corrected chi connectivity index (χ0v) is 12.5. The molecule has 0 radical (unpaired) electrons. The first-order valence-electron chi connectivity index (χ1n) is 6.93. The Labute approximate surface area is 119 Å². The molecule has 0 spiro atoms. The van der Waals surface area contributed by atoms with Gasteiger partial charge in [0.2, 0.25) is 5.88 Å². The zero-order valence-electron chi connectivity index (χ0n) is 11.7. The lowest BCUT2D eigenvalue weighted by molar-refractivity contribution is 0.0274. The first kappa shape index (κ1) is 13.0. The lowest BCUT2D eigenvalue weighted by Gasteiger charge is -2.38. The Kier molecular flexibility index (Phi) is 2.76. The highest BCUT2D eigenvalue weighted by Crippen LogP contribution is 2.66. The highest BCUT2D eigenvalue weighted by atomic mass is 35.5. The first-order valence-corrected chi connectivity index (χ1v) is 7.30. The van der Waals surface area contributed by atoms with Crippen molar-refractivity contribution in [3.63, 3.8) is 0 Å². The van der Waals surface area contributed by atoms with Crippen LogP contribution in [-0.4, -0.2) is 11.1 Å². The van der Waals surface area contributed by atoms with E-state index in [-0.39, 0.29) is 11.5 Å². The summed E-state index contributed by atoms with van der Waals surface area (Å²) in [5.41, 5.74) is 6.94. The van der Waals surface area contributed by atoms with E-state index in [2.05, 4.69) is 25.8 Å². The molecular weight excluding hydrogens is 260 g/mol. The Morgan fingerprint density at radius 3 is 2.63 bits per heavy atom. The topological polar surface area (TPSA) is 48.1 Å². The molecule has 3 atom stereocenters. The molecule has 3 rings (SSSR count). The number of ether oxygens (including phenoxy) is 1. The van der Waals surface area contributed by atoms with E-state index in [0.717, 1.165) is 12.3 Å². The van der Waals surface area contributed by atoms with Gasteiger partial charge in [0.15, 0.2) is 0 Å². The van der Waals surface area contributed by atoms with Gasteiger partial charge >= 0.3 is 0 Å². The molecule has 3 nitrogen and oxygen atoms in total. The van der Waals surface area contributed by atoms with Gasteiger partial charge in [-0.2, -0.15) is 0 Å². The standard InChI is InChI=1S/C15H21ClN2O/c1-14(2)9-4-5-15(14,3)11(6-9)19-13-8-10(17)7-12(16)18-13/h7-9,11H,4-6H2,1-3H3,(H2,17,18). The Hall–Kier alpha value is -0.960. The van der Waals surface area contributed by atoms with E-state index in [1.807, 2.05) is 0 Å². The average molecular weight is 281 g/mol. The van der Waals surface area contributed by atoms with Gasteiger partial charge in [-0.3, -0.25) is 0 Å². The van der Waals surface area contributed by atoms with Gasteiger partial charge in [-0.1, -0.05) is 32.4 Å². The van der Waals surface area contributed by atoms with Gasteiger partial charge in [0, 0.05) is 17.2 Å². The van der Waals surface area contributed by atoms with Crippen molar-refractivity contribution in [3.8, 4) is 5.88 Å². The van der Waals surface area contributed by atoms with Gasteiger partial charge in [-0.25, -0.2) is 4.98 Å². The normalized spacial score (nSPS) is 35.6. The first-order chi connectivity index (χ1) is 8.83. The van der Waals surface area contributed by atoms with Crippen molar-refractivity contribution in [2.24, 2.45) is 16.7 Å². The molecule has 1 heterocycles. The lowest BCUT2D eigenvalue weighted by atomic mass is 9.70. The van der Waals surface area contributed by atoms with E-state index < -0.39 is 0 Å². The number of fused-ring (bicyclic) bond motifs is 2. The molecule has 19 heavy (non-hydrogen) atoms. The third-order valence-electron chi connectivity index (χ3n) is 5.77. The molecule has 2 N–H and O–H groups in total. The molecule has 0 amide bonds. The molecule has 1 aromatic rings. The third-order valence-corrected chi connectivity index (χ3v) is 5.96. The Bertz CT molecular complexity index is 497. The second-order valence-electron chi connectivity index (χ2n) is 6.78. The monoisotopic (exact) mass is 280 g/mol. The van der Waals surface area contributed by atoms with Crippen LogP contribution in [0.25, 0.3) is 0 Å². The van der Waals surface area contributed by atoms with Crippen molar-refractivity contribution < 1.29 is 4.74 Å². The minimum Gasteiger partial charge on any atom is -0.474 e. The van der Waals surface area contributed by atoms with Crippen molar-refractivity contribution >= 4 is 17.3 Å². The number of anilines is 1. The summed E-state index contributed by atoms with van der Waals surface area (Å²) in [5.74, 6) is 1.30. The van der Waals surface area contributed by atoms with Crippen molar-refractivity contribution in [1.29, 1.82) is 0 Å². The van der Waals surface area contributed by atoms with Crippen molar-refractivity contribution in [2.75, 3.05) is 5.73 Å². The molecule has 3 unspecified atom stereocenters. The van der Waals surface area contributed by atoms with Gasteiger partial charge in [0.1, 0.15) is 11.3 Å². The largest absolute Gasteiger partial charge is 0.474 e. The van der Waals surface area contributed by atoms with Crippen molar-refractivity contribution in [1.82, 2.24) is 4.98 Å². The van der Waals surface area contributed by atoms with Crippen LogP contribution in [0.2, 0.25) is 5.15 Å². The number of nitrogen functional groups attached to an aromatic ring is 1. The highest BCUT2D eigenvalue weighted by Gasteiger charge is 2.62. The van der Waals surface area contributed by atoms with E-state index in [9.17, 15) is 0 Å². The minimum atomic E-state index is 0.214. The van der Waals surface area contributed by atoms with Crippen molar-refractivity contribution in [3.05, 3.63) is 17.3 Å². The molecule has 2 saturated carbocycles. The molecule has 2 aliphatic carbocycles.